The molecule has 0 atom stereocenters. The van der Waals surface area contributed by atoms with Crippen LogP contribution in [0.5, 0.6) is 17.4 Å². The number of pyridine rings is 2. The number of halogens is 2. The zero-order valence-corrected chi connectivity index (χ0v) is 71.7. The number of anilines is 5. The van der Waals surface area contributed by atoms with Crippen LogP contribution in [0, 0.1) is 0 Å². The monoisotopic (exact) mass is 1770 g/mol. The van der Waals surface area contributed by atoms with Gasteiger partial charge < -0.3 is 70.6 Å². The molecule has 118 heavy (non-hydrogen) atoms. The van der Waals surface area contributed by atoms with E-state index in [4.69, 9.17) is 52.6 Å². The van der Waals surface area contributed by atoms with E-state index in [1.807, 2.05) is 50.0 Å². The van der Waals surface area contributed by atoms with E-state index in [-0.39, 0.29) is 32.9 Å². The van der Waals surface area contributed by atoms with E-state index in [0.29, 0.717) is 118 Å². The minimum absolute atomic E-state index is 0.0169. The van der Waals surface area contributed by atoms with E-state index < -0.39 is 0 Å². The summed E-state index contributed by atoms with van der Waals surface area (Å²) in [6.45, 7) is 14.8. The smallest absolute Gasteiger partial charge is 0.212 e. The van der Waals surface area contributed by atoms with E-state index in [2.05, 4.69) is 74.7 Å². The van der Waals surface area contributed by atoms with Gasteiger partial charge in [0.25, 0.3) is 0 Å². The van der Waals surface area contributed by atoms with Gasteiger partial charge in [-0.15, -0.1) is 56.7 Å². The number of benzene rings is 2. The average molecular weight is 1770 g/mol. The number of rotatable bonds is 13. The van der Waals surface area contributed by atoms with Crippen LogP contribution in [0.1, 0.15) is 82.6 Å². The zero-order chi connectivity index (χ0) is 81.2. The minimum Gasteiger partial charge on any atom is -0.504 e. The molecular formula is C88H88BrClN8O15S5. The largest absolute Gasteiger partial charge is 0.504 e. The fraction of sp³-hybridized carbons (Fsp3) is 0.352. The molecule has 0 unspecified atom stereocenters. The van der Waals surface area contributed by atoms with E-state index in [9.17, 15) is 29.1 Å². The highest BCUT2D eigenvalue weighted by molar-refractivity contribution is 9.10. The number of piperidine rings is 4. The molecular weight excluding hydrogens is 1680 g/mol. The van der Waals surface area contributed by atoms with Gasteiger partial charge in [0.15, 0.2) is 68.8 Å². The summed E-state index contributed by atoms with van der Waals surface area (Å²) in [5, 5.41) is 20.0. The van der Waals surface area contributed by atoms with E-state index >= 15 is 0 Å². The third kappa shape index (κ3) is 18.8. The molecule has 0 bridgehead atoms. The number of aromatic hydroxyl groups is 1. The average Bonchev–Trinajstić information content (AvgIpc) is 1.67. The minimum atomic E-state index is -0.0512. The van der Waals surface area contributed by atoms with Crippen LogP contribution >= 0.6 is 84.2 Å². The van der Waals surface area contributed by atoms with Crippen molar-refractivity contribution in [2.75, 3.05) is 144 Å². The van der Waals surface area contributed by atoms with Crippen molar-refractivity contribution in [3.05, 3.63) is 203 Å². The predicted molar refractivity (Wildman–Crippen MR) is 480 cm³/mol. The van der Waals surface area contributed by atoms with Gasteiger partial charge in [0, 0.05) is 189 Å². The van der Waals surface area contributed by atoms with Crippen LogP contribution in [0.2, 0.25) is 5.15 Å². The Morgan fingerprint density at radius 3 is 1.17 bits per heavy atom. The fourth-order valence-electron chi connectivity index (χ4n) is 15.3. The Balaban J connectivity index is 0.000000111. The normalized spacial score (nSPS) is 16.1. The molecule has 0 aliphatic carbocycles. The van der Waals surface area contributed by atoms with Gasteiger partial charge in [-0.3, -0.25) is 28.9 Å². The molecule has 0 amide bonds. The van der Waals surface area contributed by atoms with Crippen molar-refractivity contribution in [3.63, 3.8) is 0 Å². The lowest BCUT2D eigenvalue weighted by molar-refractivity contribution is 0.0342. The van der Waals surface area contributed by atoms with E-state index in [0.717, 1.165) is 178 Å². The van der Waals surface area contributed by atoms with Crippen LogP contribution in [0.4, 0.5) is 29.4 Å². The number of morpholine rings is 2. The molecule has 20 rings (SSSR count). The second-order valence-electron chi connectivity index (χ2n) is 29.4. The number of fused-ring (bicyclic) bond motifs is 5. The summed E-state index contributed by atoms with van der Waals surface area (Å²) in [4.78, 5) is 83.4. The van der Waals surface area contributed by atoms with E-state index in [1.54, 1.807) is 74.1 Å². The SMILES string of the molecule is COc1cc(-c2csc3c(=O)cc(N4CCOCC4)oc23)ccc1O.COc1ccc(-c2csc3c(=O)cc(N4CCCCC4)oc23)cn1.O=c1cc(N2CCCCC2)oc2c(-c3ccc(CN4CCOCC4)cc3)csc12.O=c1cc(N2CCCCC2)oc2c(-c3ccnc(Cl)c3)csc12.O=c1cc(N2CCCCC2)oc2c(Br)csc12. The maximum Gasteiger partial charge on any atom is 0.212 e. The molecule has 0 radical (unpaired) electrons. The Kier molecular flexibility index (Phi) is 26.5. The Hall–Kier alpha value is -9.66. The third-order valence-corrected chi connectivity index (χ3v) is 27.6. The van der Waals surface area contributed by atoms with Crippen molar-refractivity contribution in [2.24, 2.45) is 0 Å². The third-order valence-electron chi connectivity index (χ3n) is 21.7. The number of phenolic OH excluding ortho intramolecular Hbond substituents is 1. The number of thiophene rings is 5. The standard InChI is InChI=1S/C23H26N2O3S.C18H18N2O3S.C18H17NO5S.C17H15ClN2O2S.C12H12BrNO2S/c26-20-14-21(25-8-2-1-3-9-25)28-22-19(16-29-23(20)22)18-6-4-17(5-7-18)15-24-10-12-27-13-11-24;1-22-15-6-5-12(10-19-15)13-11-24-18-14(21)9-16(23-17(13)18)20-7-3-2-4-8-20;1-22-15-8-11(2-3-13(15)20)12-10-25-18-14(21)9-16(24-17(12)18)19-4-6-23-7-5-19;18-14-8-11(4-5-19-14)12-10-23-17-13(21)9-15(22-16(12)17)20-6-2-1-3-7-20;13-8-7-17-12-9(15)6-10(16-11(8)12)14-4-2-1-3-5-14/h4-7,14,16H,1-3,8-13,15H2;5-6,9-11H,2-4,7-8H2,1H3;2-3,8-10,20H,4-7H2,1H3;4-5,8-10H,1-3,6-7H2;6-7H,1-5H2. The summed E-state index contributed by atoms with van der Waals surface area (Å²) >= 11 is 16.5. The summed E-state index contributed by atoms with van der Waals surface area (Å²) in [5.41, 5.74) is 12.0. The molecule has 614 valence electrons. The second kappa shape index (κ2) is 38.2. The number of phenols is 1. The number of hydrogen-bond acceptors (Lipinski definition) is 28. The Labute approximate surface area is 712 Å². The highest BCUT2D eigenvalue weighted by Crippen LogP contribution is 2.42. The molecule has 12 aromatic heterocycles. The molecule has 2 aromatic carbocycles. The van der Waals surface area contributed by atoms with Crippen molar-refractivity contribution in [3.8, 4) is 61.9 Å². The van der Waals surface area contributed by atoms with Gasteiger partial charge in [-0.05, 0) is 146 Å². The molecule has 30 heteroatoms. The Morgan fingerprint density at radius 2 is 0.763 bits per heavy atom. The van der Waals surface area contributed by atoms with Gasteiger partial charge in [-0.25, -0.2) is 9.97 Å². The highest BCUT2D eigenvalue weighted by atomic mass is 79.9. The van der Waals surface area contributed by atoms with E-state index in [1.165, 1.54) is 108 Å². The second-order valence-corrected chi connectivity index (χ2v) is 35.1. The number of aromatic nitrogens is 2. The van der Waals surface area contributed by atoms with Crippen LogP contribution in [-0.4, -0.2) is 139 Å². The maximum absolute atomic E-state index is 12.7. The predicted octanol–water partition coefficient (Wildman–Crippen LogP) is 19.5. The summed E-state index contributed by atoms with van der Waals surface area (Å²) < 4.78 is 55.7. The topological polar surface area (TPSA) is 253 Å². The molecule has 18 heterocycles. The molecule has 6 saturated heterocycles. The maximum atomic E-state index is 12.7. The number of ether oxygens (including phenoxy) is 4. The highest BCUT2D eigenvalue weighted by Gasteiger charge is 2.26. The first-order chi connectivity index (χ1) is 57.7. The molecule has 14 aromatic rings. The van der Waals surface area contributed by atoms with Crippen LogP contribution in [0.15, 0.2) is 187 Å². The first kappa shape index (κ1) is 82.1. The van der Waals surface area contributed by atoms with Gasteiger partial charge in [0.05, 0.1) is 45.1 Å². The molecule has 6 aliphatic heterocycles. The lowest BCUT2D eigenvalue weighted by atomic mass is 10.1. The number of nitrogens with zero attached hydrogens (tertiary/aromatic N) is 8. The quantitative estimate of drug-likeness (QED) is 0.105. The van der Waals surface area contributed by atoms with Gasteiger partial charge >= 0.3 is 0 Å². The van der Waals surface area contributed by atoms with Crippen molar-refractivity contribution < 1.29 is 46.1 Å². The Bertz CT molecular complexity index is 6140. The van der Waals surface area contributed by atoms with Crippen molar-refractivity contribution >= 4 is 165 Å². The zero-order valence-electron chi connectivity index (χ0n) is 65.3. The molecule has 1 N–H and O–H groups in total. The summed E-state index contributed by atoms with van der Waals surface area (Å²) in [6, 6.07) is 29.2. The molecule has 6 aliphatic rings. The van der Waals surface area contributed by atoms with Crippen LogP contribution in [-0.2, 0) is 16.0 Å². The summed E-state index contributed by atoms with van der Waals surface area (Å²) in [6.07, 6.45) is 17.6. The number of hydrogen-bond donors (Lipinski definition) is 1. The molecule has 6 fully saturated rings. The van der Waals surface area contributed by atoms with Gasteiger partial charge in [-0.2, -0.15) is 0 Å². The summed E-state index contributed by atoms with van der Waals surface area (Å²) in [5.74, 6) is 4.34. The fourth-order valence-corrected chi connectivity index (χ4v) is 20.6. The van der Waals surface area contributed by atoms with Crippen molar-refractivity contribution in [2.45, 2.75) is 83.6 Å². The van der Waals surface area contributed by atoms with Gasteiger partial charge in [0.1, 0.15) is 28.7 Å². The first-order valence-corrected chi connectivity index (χ1v) is 45.4. The van der Waals surface area contributed by atoms with Crippen LogP contribution in [0.3, 0.4) is 0 Å². The molecule has 23 nitrogen and oxygen atoms in total. The molecule has 0 saturated carbocycles. The van der Waals surface area contributed by atoms with Gasteiger partial charge in [0.2, 0.25) is 33.0 Å². The van der Waals surface area contributed by atoms with Crippen LogP contribution < -0.4 is 61.1 Å². The van der Waals surface area contributed by atoms with Crippen molar-refractivity contribution in [1.82, 2.24) is 14.9 Å². The lowest BCUT2D eigenvalue weighted by Gasteiger charge is -2.27. The molecule has 0 spiro atoms. The number of methoxy groups -OCH3 is 2. The lowest BCUT2D eigenvalue weighted by Crippen LogP contribution is -2.36. The summed E-state index contributed by atoms with van der Waals surface area (Å²) in [7, 11) is 3.09. The van der Waals surface area contributed by atoms with Crippen molar-refractivity contribution in [1.29, 1.82) is 0 Å². The first-order valence-electron chi connectivity index (χ1n) is 39.8. The van der Waals surface area contributed by atoms with Crippen LogP contribution in [0.25, 0.3) is 95.9 Å². The van der Waals surface area contributed by atoms with Gasteiger partial charge in [-0.1, -0.05) is 41.9 Å². The Morgan fingerprint density at radius 1 is 0.398 bits per heavy atom.